The molecule has 2 aliphatic rings. The van der Waals surface area contributed by atoms with Gasteiger partial charge in [-0.3, -0.25) is 0 Å². The lowest BCUT2D eigenvalue weighted by Crippen LogP contribution is -2.46. The number of alkyl halides is 6. The molecule has 1 aromatic carbocycles. The van der Waals surface area contributed by atoms with Gasteiger partial charge in [-0.05, 0) is 43.2 Å². The number of rotatable bonds is 3. The van der Waals surface area contributed by atoms with Crippen molar-refractivity contribution in [1.29, 1.82) is 0 Å². The molecule has 2 aromatic rings. The van der Waals surface area contributed by atoms with E-state index in [1.54, 1.807) is 0 Å². The first-order valence-electron chi connectivity index (χ1n) is 9.47. The summed E-state index contributed by atoms with van der Waals surface area (Å²) in [6.45, 7) is 0. The summed E-state index contributed by atoms with van der Waals surface area (Å²) < 4.78 is 82.6. The fourth-order valence-electron chi connectivity index (χ4n) is 4.32. The quantitative estimate of drug-likeness (QED) is 0.531. The SMILES string of the molecule is Nc1cc(C(F)(F)F)ccc1O[C@H]1C[C@H]2CC[C@@H](C1)N2c1ccc(C(F)(F)F)cn1. The Labute approximate surface area is 168 Å². The molecule has 162 valence electrons. The molecule has 3 heterocycles. The number of nitrogens with two attached hydrogens (primary N) is 1. The Morgan fingerprint density at radius 2 is 1.50 bits per heavy atom. The van der Waals surface area contributed by atoms with Crippen molar-refractivity contribution in [2.75, 3.05) is 10.6 Å². The number of pyridine rings is 1. The second-order valence-electron chi connectivity index (χ2n) is 7.66. The van der Waals surface area contributed by atoms with Crippen molar-refractivity contribution in [2.24, 2.45) is 0 Å². The van der Waals surface area contributed by atoms with E-state index in [1.165, 1.54) is 12.1 Å². The van der Waals surface area contributed by atoms with E-state index in [0.717, 1.165) is 37.2 Å². The Bertz CT molecular complexity index is 898. The van der Waals surface area contributed by atoms with Gasteiger partial charge in [0.2, 0.25) is 0 Å². The number of ether oxygens (including phenoxy) is 1. The average Bonchev–Trinajstić information content (AvgIpc) is 2.92. The van der Waals surface area contributed by atoms with Crippen molar-refractivity contribution >= 4 is 11.5 Å². The molecule has 2 fully saturated rings. The van der Waals surface area contributed by atoms with E-state index in [9.17, 15) is 26.3 Å². The molecule has 2 aliphatic heterocycles. The first kappa shape index (κ1) is 20.6. The van der Waals surface area contributed by atoms with Crippen molar-refractivity contribution in [1.82, 2.24) is 4.98 Å². The second-order valence-corrected chi connectivity index (χ2v) is 7.66. The smallest absolute Gasteiger partial charge is 0.417 e. The molecule has 4 nitrogen and oxygen atoms in total. The predicted octanol–water partition coefficient (Wildman–Crippen LogP) is 5.28. The Morgan fingerprint density at radius 1 is 0.900 bits per heavy atom. The molecule has 2 bridgehead atoms. The standard InChI is InChI=1S/C20H19F6N3O/c21-19(22,23)11-1-5-17(16(27)7-11)30-15-8-13-3-4-14(9-15)29(13)18-6-2-12(10-28-18)20(24,25)26/h1-2,5-7,10,13-15H,3-4,8-9,27H2/t13-,14+,15+. The van der Waals surface area contributed by atoms with E-state index in [4.69, 9.17) is 10.5 Å². The summed E-state index contributed by atoms with van der Waals surface area (Å²) in [6, 6.07) is 5.48. The minimum Gasteiger partial charge on any atom is -0.488 e. The van der Waals surface area contributed by atoms with Crippen LogP contribution in [0.4, 0.5) is 37.8 Å². The van der Waals surface area contributed by atoms with E-state index in [0.29, 0.717) is 18.7 Å². The van der Waals surface area contributed by atoms with E-state index in [1.807, 2.05) is 4.90 Å². The molecule has 30 heavy (non-hydrogen) atoms. The van der Waals surface area contributed by atoms with E-state index < -0.39 is 23.5 Å². The van der Waals surface area contributed by atoms with Crippen LogP contribution in [-0.2, 0) is 12.4 Å². The highest BCUT2D eigenvalue weighted by Gasteiger charge is 2.43. The first-order chi connectivity index (χ1) is 14.0. The lowest BCUT2D eigenvalue weighted by molar-refractivity contribution is -0.138. The molecule has 10 heteroatoms. The molecule has 2 N–H and O–H groups in total. The second kappa shape index (κ2) is 7.24. The van der Waals surface area contributed by atoms with Crippen LogP contribution < -0.4 is 15.4 Å². The van der Waals surface area contributed by atoms with Crippen LogP contribution in [0.5, 0.6) is 5.75 Å². The van der Waals surface area contributed by atoms with Gasteiger partial charge < -0.3 is 15.4 Å². The molecule has 0 saturated carbocycles. The Balaban J connectivity index is 1.46. The van der Waals surface area contributed by atoms with Crippen LogP contribution in [0.2, 0.25) is 0 Å². The number of halogens is 6. The van der Waals surface area contributed by atoms with E-state index in [2.05, 4.69) is 4.98 Å². The van der Waals surface area contributed by atoms with Crippen LogP contribution in [0.1, 0.15) is 36.8 Å². The van der Waals surface area contributed by atoms with Gasteiger partial charge in [0.05, 0.1) is 16.8 Å². The predicted molar refractivity (Wildman–Crippen MR) is 98.0 cm³/mol. The third-order valence-electron chi connectivity index (χ3n) is 5.66. The van der Waals surface area contributed by atoms with Crippen LogP contribution in [0.25, 0.3) is 0 Å². The van der Waals surface area contributed by atoms with Crippen LogP contribution in [-0.4, -0.2) is 23.2 Å². The molecule has 0 amide bonds. The van der Waals surface area contributed by atoms with Crippen LogP contribution >= 0.6 is 0 Å². The number of fused-ring (bicyclic) bond motifs is 2. The zero-order valence-corrected chi connectivity index (χ0v) is 15.7. The maximum absolute atomic E-state index is 12.8. The molecule has 2 saturated heterocycles. The highest BCUT2D eigenvalue weighted by molar-refractivity contribution is 5.55. The molecule has 0 radical (unpaired) electrons. The fraction of sp³-hybridized carbons (Fsp3) is 0.450. The monoisotopic (exact) mass is 431 g/mol. The van der Waals surface area contributed by atoms with Gasteiger partial charge in [0, 0.05) is 31.1 Å². The third-order valence-corrected chi connectivity index (χ3v) is 5.66. The van der Waals surface area contributed by atoms with Gasteiger partial charge in [-0.15, -0.1) is 0 Å². The van der Waals surface area contributed by atoms with E-state index in [-0.39, 0.29) is 29.6 Å². The molecule has 0 unspecified atom stereocenters. The summed E-state index contributed by atoms with van der Waals surface area (Å²) in [5.41, 5.74) is 4.04. The normalized spacial score (nSPS) is 24.2. The molecule has 3 atom stereocenters. The lowest BCUT2D eigenvalue weighted by atomic mass is 9.99. The summed E-state index contributed by atoms with van der Waals surface area (Å²) in [5.74, 6) is 0.691. The summed E-state index contributed by atoms with van der Waals surface area (Å²) >= 11 is 0. The van der Waals surface area contributed by atoms with Gasteiger partial charge in [-0.2, -0.15) is 26.3 Å². The van der Waals surface area contributed by atoms with Crippen molar-refractivity contribution in [3.05, 3.63) is 47.7 Å². The molecule has 0 aliphatic carbocycles. The molecular weight excluding hydrogens is 412 g/mol. The summed E-state index contributed by atoms with van der Waals surface area (Å²) in [7, 11) is 0. The van der Waals surface area contributed by atoms with Gasteiger partial charge >= 0.3 is 12.4 Å². The minimum atomic E-state index is -4.48. The number of benzene rings is 1. The number of hydrogen-bond acceptors (Lipinski definition) is 4. The van der Waals surface area contributed by atoms with Gasteiger partial charge in [0.15, 0.2) is 0 Å². The van der Waals surface area contributed by atoms with Gasteiger partial charge in [0.25, 0.3) is 0 Å². The lowest BCUT2D eigenvalue weighted by Gasteiger charge is -2.39. The van der Waals surface area contributed by atoms with Gasteiger partial charge in [-0.1, -0.05) is 0 Å². The minimum absolute atomic E-state index is 0.0358. The molecule has 0 spiro atoms. The number of nitrogens with zero attached hydrogens (tertiary/aromatic N) is 2. The fourth-order valence-corrected chi connectivity index (χ4v) is 4.32. The first-order valence-corrected chi connectivity index (χ1v) is 9.47. The van der Waals surface area contributed by atoms with Crippen molar-refractivity contribution in [3.8, 4) is 5.75 Å². The van der Waals surface area contributed by atoms with Crippen molar-refractivity contribution in [2.45, 2.75) is 56.2 Å². The van der Waals surface area contributed by atoms with Gasteiger partial charge in [-0.25, -0.2) is 4.98 Å². The molecule has 4 rings (SSSR count). The number of anilines is 2. The Hall–Kier alpha value is -2.65. The van der Waals surface area contributed by atoms with Crippen LogP contribution in [0.3, 0.4) is 0 Å². The van der Waals surface area contributed by atoms with Crippen LogP contribution in [0, 0.1) is 0 Å². The summed E-state index contributed by atoms with van der Waals surface area (Å²) in [5, 5.41) is 0. The maximum atomic E-state index is 12.8. The Kier molecular flexibility index (Phi) is 4.98. The zero-order chi connectivity index (χ0) is 21.7. The van der Waals surface area contributed by atoms with Gasteiger partial charge in [0.1, 0.15) is 17.7 Å². The van der Waals surface area contributed by atoms with Crippen molar-refractivity contribution < 1.29 is 31.1 Å². The topological polar surface area (TPSA) is 51.4 Å². The largest absolute Gasteiger partial charge is 0.488 e. The highest BCUT2D eigenvalue weighted by atomic mass is 19.4. The average molecular weight is 431 g/mol. The number of nitrogen functional groups attached to an aromatic ring is 1. The number of aromatic nitrogens is 1. The summed E-state index contributed by atoms with van der Waals surface area (Å²) in [4.78, 5) is 6.03. The number of piperidine rings is 1. The maximum Gasteiger partial charge on any atom is 0.417 e. The molecule has 1 aromatic heterocycles. The third kappa shape index (κ3) is 3.99. The zero-order valence-electron chi connectivity index (χ0n) is 15.7. The Morgan fingerprint density at radius 3 is 2.00 bits per heavy atom. The number of hydrogen-bond donors (Lipinski definition) is 1. The highest BCUT2D eigenvalue weighted by Crippen LogP contribution is 2.41. The summed E-state index contributed by atoms with van der Waals surface area (Å²) in [6.07, 6.45) is -5.48. The van der Waals surface area contributed by atoms with Crippen LogP contribution in [0.15, 0.2) is 36.5 Å². The molecular formula is C20H19F6N3O. The van der Waals surface area contributed by atoms with Crippen molar-refractivity contribution in [3.63, 3.8) is 0 Å². The van der Waals surface area contributed by atoms with E-state index >= 15 is 0 Å².